The summed E-state index contributed by atoms with van der Waals surface area (Å²) in [4.78, 5) is 38.8. The van der Waals surface area contributed by atoms with Crippen LogP contribution in [0.25, 0.3) is 0 Å². The Morgan fingerprint density at radius 1 is 1.11 bits per heavy atom. The van der Waals surface area contributed by atoms with E-state index in [1.807, 2.05) is 30.3 Å². The maximum Gasteiger partial charge on any atom is 0.413 e. The second-order valence-corrected chi connectivity index (χ2v) is 8.52. The van der Waals surface area contributed by atoms with Crippen LogP contribution < -0.4 is 10.6 Å². The lowest BCUT2D eigenvalue weighted by molar-refractivity contribution is -0.113. The number of nitrogens with one attached hydrogen (secondary N) is 2. The van der Waals surface area contributed by atoms with Gasteiger partial charge in [0.05, 0.1) is 18.4 Å². The first-order chi connectivity index (χ1) is 13.6. The summed E-state index contributed by atoms with van der Waals surface area (Å²) in [5.74, 6) is -0.473. The van der Waals surface area contributed by atoms with Crippen LogP contribution in [-0.2, 0) is 22.4 Å². The number of rotatable bonds is 5. The number of hydrogen-bond acceptors (Lipinski definition) is 6. The molecule has 1 aliphatic rings. The number of benzene rings is 1. The van der Waals surface area contributed by atoms with Gasteiger partial charge >= 0.3 is 6.09 Å². The minimum atomic E-state index is -0.810. The van der Waals surface area contributed by atoms with Gasteiger partial charge < -0.3 is 10.1 Å². The highest BCUT2D eigenvalue weighted by molar-refractivity contribution is 8.00. The Balaban J connectivity index is 1.78. The van der Waals surface area contributed by atoms with Crippen LogP contribution in [-0.4, -0.2) is 30.8 Å². The Hall–Kier alpha value is -2.32. The van der Waals surface area contributed by atoms with Crippen molar-refractivity contribution in [2.45, 2.75) is 37.0 Å². The highest BCUT2D eigenvalue weighted by atomic mass is 32.2. The monoisotopic (exact) mass is 418 g/mol. The van der Waals surface area contributed by atoms with Gasteiger partial charge in [0.25, 0.3) is 5.91 Å². The summed E-state index contributed by atoms with van der Waals surface area (Å²) in [5, 5.41) is 5.61. The first-order valence-corrected chi connectivity index (χ1v) is 10.9. The lowest BCUT2D eigenvalue weighted by Crippen LogP contribution is -2.31. The van der Waals surface area contributed by atoms with Crippen LogP contribution in [0, 0.1) is 0 Å². The van der Waals surface area contributed by atoms with Crippen LogP contribution in [0.5, 0.6) is 0 Å². The first-order valence-electron chi connectivity index (χ1n) is 9.10. The van der Waals surface area contributed by atoms with Crippen molar-refractivity contribution < 1.29 is 19.1 Å². The average molecular weight is 419 g/mol. The fourth-order valence-electron chi connectivity index (χ4n) is 3.11. The van der Waals surface area contributed by atoms with E-state index in [4.69, 9.17) is 0 Å². The first kappa shape index (κ1) is 20.4. The number of ether oxygens (including phenoxy) is 1. The number of alkyl carbamates (subject to hydrolysis) is 1. The van der Waals surface area contributed by atoms with Gasteiger partial charge in [-0.05, 0) is 43.4 Å². The number of imide groups is 1. The average Bonchev–Trinajstić information content (AvgIpc) is 2.87. The molecule has 1 aliphatic carbocycles. The van der Waals surface area contributed by atoms with Crippen molar-refractivity contribution in [1.82, 2.24) is 5.32 Å². The van der Waals surface area contributed by atoms with Gasteiger partial charge in [0.1, 0.15) is 5.00 Å². The molecule has 3 amide bonds. The molecule has 0 aliphatic heterocycles. The number of anilines is 1. The lowest BCUT2D eigenvalue weighted by atomic mass is 10.0. The van der Waals surface area contributed by atoms with Crippen LogP contribution in [0.1, 0.15) is 40.1 Å². The minimum absolute atomic E-state index is 0.183. The van der Waals surface area contributed by atoms with Gasteiger partial charge in [-0.25, -0.2) is 4.79 Å². The Labute approximate surface area is 172 Å². The molecule has 0 fully saturated rings. The molecule has 1 heterocycles. The number of hydrogen-bond donors (Lipinski definition) is 2. The molecule has 148 valence electrons. The maximum absolute atomic E-state index is 12.7. The Morgan fingerprint density at radius 3 is 2.61 bits per heavy atom. The van der Waals surface area contributed by atoms with Gasteiger partial charge in [-0.2, -0.15) is 0 Å². The van der Waals surface area contributed by atoms with E-state index in [9.17, 15) is 14.4 Å². The van der Waals surface area contributed by atoms with Gasteiger partial charge in [-0.3, -0.25) is 14.9 Å². The largest absolute Gasteiger partial charge is 0.453 e. The van der Waals surface area contributed by atoms with Crippen LogP contribution in [0.3, 0.4) is 0 Å². The lowest BCUT2D eigenvalue weighted by Gasteiger charge is -2.09. The third kappa shape index (κ3) is 5.14. The van der Waals surface area contributed by atoms with Crippen molar-refractivity contribution in [1.29, 1.82) is 0 Å². The number of carbonyl (C=O) groups is 3. The molecule has 1 aromatic heterocycles. The summed E-state index contributed by atoms with van der Waals surface area (Å²) in [5.41, 5.74) is 1.33. The molecule has 3 rings (SSSR count). The van der Waals surface area contributed by atoms with E-state index < -0.39 is 12.0 Å². The summed E-state index contributed by atoms with van der Waals surface area (Å²) in [6.07, 6.45) is 3.99. The summed E-state index contributed by atoms with van der Waals surface area (Å²) in [6, 6.07) is 9.66. The molecule has 0 radical (unpaired) electrons. The van der Waals surface area contributed by atoms with E-state index in [0.717, 1.165) is 47.4 Å². The maximum atomic E-state index is 12.7. The quantitative estimate of drug-likeness (QED) is 0.560. The molecule has 28 heavy (non-hydrogen) atoms. The van der Waals surface area contributed by atoms with E-state index in [0.29, 0.717) is 10.6 Å². The van der Waals surface area contributed by atoms with Crippen LogP contribution in [0.15, 0.2) is 35.2 Å². The van der Waals surface area contributed by atoms with E-state index in [-0.39, 0.29) is 11.7 Å². The van der Waals surface area contributed by atoms with Crippen molar-refractivity contribution in [3.63, 3.8) is 0 Å². The molecule has 2 N–H and O–H groups in total. The molecule has 0 atom stereocenters. The van der Waals surface area contributed by atoms with Gasteiger partial charge in [-0.15, -0.1) is 23.1 Å². The molecule has 0 spiro atoms. The molecule has 0 saturated carbocycles. The minimum Gasteiger partial charge on any atom is -0.453 e. The highest BCUT2D eigenvalue weighted by Crippen LogP contribution is 2.37. The molecule has 0 saturated heterocycles. The molecule has 6 nitrogen and oxygen atoms in total. The molecular weight excluding hydrogens is 396 g/mol. The zero-order chi connectivity index (χ0) is 19.9. The SMILES string of the molecule is COC(=O)NC(=O)c1c(NC(=O)CSc2ccccc2)sc2c1CCCCC2. The number of methoxy groups -OCH3 is 1. The Bertz CT molecular complexity index is 865. The third-order valence-electron chi connectivity index (χ3n) is 4.42. The summed E-state index contributed by atoms with van der Waals surface area (Å²) in [7, 11) is 1.21. The molecule has 0 bridgehead atoms. The van der Waals surface area contributed by atoms with Crippen molar-refractivity contribution in [3.8, 4) is 0 Å². The predicted molar refractivity (Wildman–Crippen MR) is 111 cm³/mol. The summed E-state index contributed by atoms with van der Waals surface area (Å²) in [6.45, 7) is 0. The number of amides is 3. The second-order valence-electron chi connectivity index (χ2n) is 6.36. The summed E-state index contributed by atoms with van der Waals surface area (Å²) < 4.78 is 4.54. The topological polar surface area (TPSA) is 84.5 Å². The highest BCUT2D eigenvalue weighted by Gasteiger charge is 2.26. The van der Waals surface area contributed by atoms with Gasteiger partial charge in [0.15, 0.2) is 0 Å². The smallest absolute Gasteiger partial charge is 0.413 e. The number of thioether (sulfide) groups is 1. The zero-order valence-corrected chi connectivity index (χ0v) is 17.2. The number of aryl methyl sites for hydroxylation is 1. The van der Waals surface area contributed by atoms with Gasteiger partial charge in [0, 0.05) is 9.77 Å². The van der Waals surface area contributed by atoms with Crippen molar-refractivity contribution in [2.24, 2.45) is 0 Å². The Kier molecular flexibility index (Phi) is 7.11. The molecule has 1 aromatic carbocycles. The van der Waals surface area contributed by atoms with Crippen LogP contribution >= 0.6 is 23.1 Å². The molecule has 2 aromatic rings. The predicted octanol–water partition coefficient (Wildman–Crippen LogP) is 4.24. The van der Waals surface area contributed by atoms with Crippen molar-refractivity contribution in [2.75, 3.05) is 18.2 Å². The number of thiophene rings is 1. The molecular formula is C20H22N2O4S2. The zero-order valence-electron chi connectivity index (χ0n) is 15.6. The van der Waals surface area contributed by atoms with Gasteiger partial charge in [0.2, 0.25) is 5.91 Å². The van der Waals surface area contributed by atoms with E-state index in [1.165, 1.54) is 30.2 Å². The van der Waals surface area contributed by atoms with Crippen molar-refractivity contribution >= 4 is 46.0 Å². The standard InChI is InChI=1S/C20H22N2O4S2/c1-26-20(25)22-18(24)17-14-10-6-3-7-11-15(14)28-19(17)21-16(23)12-27-13-8-4-2-5-9-13/h2,4-5,8-9H,3,6-7,10-12H2,1H3,(H,21,23)(H,22,24,25). The fourth-order valence-corrected chi connectivity index (χ4v) is 5.13. The van der Waals surface area contributed by atoms with E-state index in [1.54, 1.807) is 0 Å². The Morgan fingerprint density at radius 2 is 1.86 bits per heavy atom. The normalized spacial score (nSPS) is 13.2. The van der Waals surface area contributed by atoms with Gasteiger partial charge in [-0.1, -0.05) is 24.6 Å². The van der Waals surface area contributed by atoms with Crippen LogP contribution in [0.2, 0.25) is 0 Å². The summed E-state index contributed by atoms with van der Waals surface area (Å²) >= 11 is 2.87. The molecule has 0 unspecified atom stereocenters. The van der Waals surface area contributed by atoms with Crippen molar-refractivity contribution in [3.05, 3.63) is 46.3 Å². The second kappa shape index (κ2) is 9.75. The van der Waals surface area contributed by atoms with E-state index in [2.05, 4.69) is 15.4 Å². The van der Waals surface area contributed by atoms with E-state index >= 15 is 0 Å². The number of carbonyl (C=O) groups excluding carboxylic acids is 3. The molecule has 8 heteroatoms. The number of fused-ring (bicyclic) bond motifs is 1. The third-order valence-corrected chi connectivity index (χ3v) is 6.63. The fraction of sp³-hybridized carbons (Fsp3) is 0.350. The van der Waals surface area contributed by atoms with Crippen LogP contribution in [0.4, 0.5) is 9.80 Å².